The summed E-state index contributed by atoms with van der Waals surface area (Å²) in [7, 11) is 0. The minimum atomic E-state index is -4.94. The lowest BCUT2D eigenvalue weighted by Gasteiger charge is -2.12. The first-order valence-corrected chi connectivity index (χ1v) is 10.4. The Hall–Kier alpha value is -4.74. The Morgan fingerprint density at radius 1 is 1.11 bits per heavy atom. The minimum absolute atomic E-state index is 0.0178. The number of non-ortho nitro benzene ring substituents is 1. The van der Waals surface area contributed by atoms with Crippen LogP contribution in [0, 0.1) is 10.1 Å². The SMILES string of the molecule is CCOC(=O)c1ccc(N2N=C(C(F)(F)F)C(=Cc3ccc(-c4ccc([N+](=O)[O-])cc4)o3)C2=O)cc1. The molecular weight excluding hydrogens is 483 g/mol. The summed E-state index contributed by atoms with van der Waals surface area (Å²) in [6.45, 7) is 1.78. The summed E-state index contributed by atoms with van der Waals surface area (Å²) in [5.41, 5.74) is -1.64. The molecule has 1 amide bonds. The summed E-state index contributed by atoms with van der Waals surface area (Å²) in [4.78, 5) is 35.0. The van der Waals surface area contributed by atoms with Crippen LogP contribution >= 0.6 is 0 Å². The number of hydrogen-bond acceptors (Lipinski definition) is 7. The molecule has 3 aromatic rings. The van der Waals surface area contributed by atoms with Crippen LogP contribution in [0.4, 0.5) is 24.5 Å². The van der Waals surface area contributed by atoms with Crippen molar-refractivity contribution < 1.29 is 36.8 Å². The van der Waals surface area contributed by atoms with Crippen molar-refractivity contribution >= 4 is 35.0 Å². The van der Waals surface area contributed by atoms with Crippen molar-refractivity contribution in [2.45, 2.75) is 13.1 Å². The fourth-order valence-corrected chi connectivity index (χ4v) is 3.36. The second-order valence-electron chi connectivity index (χ2n) is 7.39. The first-order valence-electron chi connectivity index (χ1n) is 10.4. The number of esters is 1. The van der Waals surface area contributed by atoms with Crippen LogP contribution in [-0.4, -0.2) is 35.3 Å². The van der Waals surface area contributed by atoms with E-state index in [1.54, 1.807) is 6.92 Å². The van der Waals surface area contributed by atoms with Gasteiger partial charge in [-0.1, -0.05) is 0 Å². The molecule has 36 heavy (non-hydrogen) atoms. The largest absolute Gasteiger partial charge is 0.462 e. The van der Waals surface area contributed by atoms with Crippen molar-refractivity contribution in [3.05, 3.63) is 87.7 Å². The Morgan fingerprint density at radius 3 is 2.36 bits per heavy atom. The molecule has 9 nitrogen and oxygen atoms in total. The van der Waals surface area contributed by atoms with Gasteiger partial charge in [0.2, 0.25) is 0 Å². The zero-order chi connectivity index (χ0) is 26.0. The van der Waals surface area contributed by atoms with Crippen LogP contribution in [0.1, 0.15) is 23.0 Å². The summed E-state index contributed by atoms with van der Waals surface area (Å²) in [5.74, 6) is -1.47. The molecule has 0 atom stereocenters. The van der Waals surface area contributed by atoms with E-state index in [4.69, 9.17) is 9.15 Å². The van der Waals surface area contributed by atoms with Crippen LogP contribution < -0.4 is 5.01 Å². The van der Waals surface area contributed by atoms with E-state index in [9.17, 15) is 32.9 Å². The zero-order valence-electron chi connectivity index (χ0n) is 18.5. The van der Waals surface area contributed by atoms with Crippen molar-refractivity contribution in [3.8, 4) is 11.3 Å². The van der Waals surface area contributed by atoms with E-state index in [0.29, 0.717) is 10.6 Å². The molecule has 0 radical (unpaired) electrons. The number of nitro groups is 1. The van der Waals surface area contributed by atoms with E-state index in [-0.39, 0.29) is 35.1 Å². The molecular formula is C24H16F3N3O6. The number of rotatable bonds is 6. The second-order valence-corrected chi connectivity index (χ2v) is 7.39. The average molecular weight is 499 g/mol. The van der Waals surface area contributed by atoms with Crippen molar-refractivity contribution in [2.75, 3.05) is 11.6 Å². The van der Waals surface area contributed by atoms with Crippen molar-refractivity contribution in [2.24, 2.45) is 5.10 Å². The lowest BCUT2D eigenvalue weighted by Crippen LogP contribution is -2.25. The standard InChI is InChI=1S/C24H16F3N3O6/c1-2-35-23(32)15-5-7-16(8-6-15)29-22(31)19(21(28-29)24(25,26)27)13-18-11-12-20(36-18)14-3-9-17(10-4-14)30(33)34/h3-13H,2H2,1H3. The Labute approximate surface area is 201 Å². The summed E-state index contributed by atoms with van der Waals surface area (Å²) < 4.78 is 51.5. The smallest absolute Gasteiger partial charge is 0.435 e. The van der Waals surface area contributed by atoms with Gasteiger partial charge in [0.05, 0.1) is 28.4 Å². The van der Waals surface area contributed by atoms with Gasteiger partial charge in [-0.25, -0.2) is 4.79 Å². The molecule has 0 saturated carbocycles. The van der Waals surface area contributed by atoms with Gasteiger partial charge < -0.3 is 9.15 Å². The van der Waals surface area contributed by atoms with Crippen molar-refractivity contribution in [1.29, 1.82) is 0 Å². The molecule has 12 heteroatoms. The molecule has 0 spiro atoms. The van der Waals surface area contributed by atoms with E-state index in [0.717, 1.165) is 6.08 Å². The Morgan fingerprint density at radius 2 is 1.78 bits per heavy atom. The number of ether oxygens (including phenoxy) is 1. The van der Waals surface area contributed by atoms with Gasteiger partial charge in [0, 0.05) is 17.7 Å². The van der Waals surface area contributed by atoms with Crippen LogP contribution in [0.25, 0.3) is 17.4 Å². The molecule has 4 rings (SSSR count). The van der Waals surface area contributed by atoms with Crippen LogP contribution in [0.5, 0.6) is 0 Å². The number of carbonyl (C=O) groups is 2. The number of nitro benzene ring substituents is 1. The summed E-state index contributed by atoms with van der Waals surface area (Å²) >= 11 is 0. The highest BCUT2D eigenvalue weighted by atomic mass is 19.4. The maximum Gasteiger partial charge on any atom is 0.435 e. The van der Waals surface area contributed by atoms with Gasteiger partial charge in [0.15, 0.2) is 5.71 Å². The predicted molar refractivity (Wildman–Crippen MR) is 122 cm³/mol. The van der Waals surface area contributed by atoms with Gasteiger partial charge in [-0.15, -0.1) is 0 Å². The highest BCUT2D eigenvalue weighted by molar-refractivity contribution is 6.34. The number of halogens is 3. The zero-order valence-corrected chi connectivity index (χ0v) is 18.5. The Bertz CT molecular complexity index is 1390. The molecule has 2 heterocycles. The number of hydrogen-bond donors (Lipinski definition) is 0. The number of carbonyl (C=O) groups excluding carboxylic acids is 2. The van der Waals surface area contributed by atoms with Crippen LogP contribution in [-0.2, 0) is 9.53 Å². The lowest BCUT2D eigenvalue weighted by atomic mass is 10.1. The first kappa shape index (κ1) is 24.4. The molecule has 0 N–H and O–H groups in total. The molecule has 184 valence electrons. The third kappa shape index (κ3) is 4.87. The summed E-state index contributed by atoms with van der Waals surface area (Å²) in [6, 6.07) is 13.4. The van der Waals surface area contributed by atoms with Gasteiger partial charge in [0.1, 0.15) is 11.5 Å². The fraction of sp³-hybridized carbons (Fsp3) is 0.125. The highest BCUT2D eigenvalue weighted by Crippen LogP contribution is 2.34. The van der Waals surface area contributed by atoms with Gasteiger partial charge >= 0.3 is 12.1 Å². The van der Waals surface area contributed by atoms with Crippen LogP contribution in [0.3, 0.4) is 0 Å². The number of amides is 1. The van der Waals surface area contributed by atoms with Crippen LogP contribution in [0.2, 0.25) is 0 Å². The molecule has 1 aromatic heterocycles. The van der Waals surface area contributed by atoms with E-state index >= 15 is 0 Å². The van der Waals surface area contributed by atoms with Gasteiger partial charge in [-0.3, -0.25) is 14.9 Å². The quantitative estimate of drug-likeness (QED) is 0.195. The maximum atomic E-state index is 13.7. The molecule has 0 fully saturated rings. The average Bonchev–Trinajstić information content (AvgIpc) is 3.44. The van der Waals surface area contributed by atoms with E-state index in [2.05, 4.69) is 5.10 Å². The molecule has 1 aliphatic heterocycles. The van der Waals surface area contributed by atoms with E-state index < -0.39 is 34.3 Å². The van der Waals surface area contributed by atoms with Gasteiger partial charge in [0.25, 0.3) is 11.6 Å². The number of anilines is 1. The fourth-order valence-electron chi connectivity index (χ4n) is 3.36. The Balaban J connectivity index is 1.64. The number of alkyl halides is 3. The topological polar surface area (TPSA) is 115 Å². The maximum absolute atomic E-state index is 13.7. The summed E-state index contributed by atoms with van der Waals surface area (Å²) in [5, 5.41) is 14.9. The number of benzene rings is 2. The van der Waals surface area contributed by atoms with Gasteiger partial charge in [-0.05, 0) is 61.5 Å². The minimum Gasteiger partial charge on any atom is -0.462 e. The van der Waals surface area contributed by atoms with Crippen LogP contribution in [0.15, 0.2) is 75.8 Å². The Kier molecular flexibility index (Phi) is 6.43. The number of furan rings is 1. The van der Waals surface area contributed by atoms with Crippen molar-refractivity contribution in [1.82, 2.24) is 0 Å². The van der Waals surface area contributed by atoms with E-state index in [1.807, 2.05) is 0 Å². The van der Waals surface area contributed by atoms with Gasteiger partial charge in [-0.2, -0.15) is 23.3 Å². The van der Waals surface area contributed by atoms with Crippen molar-refractivity contribution in [3.63, 3.8) is 0 Å². The highest BCUT2D eigenvalue weighted by Gasteiger charge is 2.47. The lowest BCUT2D eigenvalue weighted by molar-refractivity contribution is -0.384. The third-order valence-electron chi connectivity index (χ3n) is 5.05. The molecule has 1 aliphatic rings. The second kappa shape index (κ2) is 9.49. The predicted octanol–water partition coefficient (Wildman–Crippen LogP) is 5.38. The summed E-state index contributed by atoms with van der Waals surface area (Å²) in [6.07, 6.45) is -4.01. The third-order valence-corrected chi connectivity index (χ3v) is 5.05. The molecule has 0 unspecified atom stereocenters. The molecule has 0 aliphatic carbocycles. The number of hydrazone groups is 1. The molecule has 0 saturated heterocycles. The van der Waals surface area contributed by atoms with E-state index in [1.165, 1.54) is 60.7 Å². The molecule has 0 bridgehead atoms. The number of nitrogens with zero attached hydrogens (tertiary/aromatic N) is 3. The monoisotopic (exact) mass is 499 g/mol. The normalized spacial score (nSPS) is 14.8. The molecule has 2 aromatic carbocycles. The first-order chi connectivity index (χ1) is 17.1.